The van der Waals surface area contributed by atoms with E-state index in [4.69, 9.17) is 9.47 Å². The molecule has 0 radical (unpaired) electrons. The van der Waals surface area contributed by atoms with Crippen LogP contribution in [0.2, 0.25) is 0 Å². The number of Topliss-reactive ketones (excluding diaryl/α,β-unsaturated/α-hetero) is 1. The van der Waals surface area contributed by atoms with Gasteiger partial charge in [-0.05, 0) is 19.1 Å². The molecule has 33 heavy (non-hydrogen) atoms. The summed E-state index contributed by atoms with van der Waals surface area (Å²) in [7, 11) is 3.02. The molecule has 170 valence electrons. The van der Waals surface area contributed by atoms with Crippen molar-refractivity contribution < 1.29 is 14.3 Å². The highest BCUT2D eigenvalue weighted by atomic mass is 16.5. The average molecular weight is 448 g/mol. The van der Waals surface area contributed by atoms with E-state index in [1.807, 2.05) is 19.1 Å². The van der Waals surface area contributed by atoms with Gasteiger partial charge < -0.3 is 14.0 Å². The molecule has 0 saturated carbocycles. The number of imidazole rings is 1. The summed E-state index contributed by atoms with van der Waals surface area (Å²) in [5, 5.41) is 0. The topological polar surface area (TPSA) is 97.4 Å². The summed E-state index contributed by atoms with van der Waals surface area (Å²) in [4.78, 5) is 43.8. The fraction of sp³-hybridized carbons (Fsp3) is 0.250. The third-order valence-corrected chi connectivity index (χ3v) is 5.42. The molecule has 0 bridgehead atoms. The zero-order valence-electron chi connectivity index (χ0n) is 18.6. The maximum absolute atomic E-state index is 13.3. The van der Waals surface area contributed by atoms with E-state index in [-0.39, 0.29) is 36.6 Å². The highest BCUT2D eigenvalue weighted by Gasteiger charge is 2.20. The minimum absolute atomic E-state index is 0.0607. The predicted octanol–water partition coefficient (Wildman–Crippen LogP) is 2.20. The zero-order valence-corrected chi connectivity index (χ0v) is 18.6. The second-order valence-corrected chi connectivity index (χ2v) is 7.60. The quantitative estimate of drug-likeness (QED) is 0.384. The predicted molar refractivity (Wildman–Crippen MR) is 124 cm³/mol. The van der Waals surface area contributed by atoms with Gasteiger partial charge in [0.15, 0.2) is 16.9 Å². The van der Waals surface area contributed by atoms with E-state index >= 15 is 0 Å². The number of nitrogens with zero attached hydrogens (tertiary/aromatic N) is 4. The van der Waals surface area contributed by atoms with Crippen molar-refractivity contribution in [3.05, 3.63) is 86.8 Å². The Hall–Kier alpha value is -3.98. The van der Waals surface area contributed by atoms with E-state index in [0.717, 1.165) is 10.1 Å². The fourth-order valence-electron chi connectivity index (χ4n) is 3.65. The van der Waals surface area contributed by atoms with Crippen LogP contribution < -0.4 is 16.0 Å². The average Bonchev–Trinajstić information content (AvgIpc) is 3.23. The van der Waals surface area contributed by atoms with Gasteiger partial charge in [-0.3, -0.25) is 14.2 Å². The van der Waals surface area contributed by atoms with Crippen molar-refractivity contribution >= 4 is 16.9 Å². The molecule has 0 aliphatic carbocycles. The molecule has 0 unspecified atom stereocenters. The molecule has 0 amide bonds. The standard InChI is InChI=1S/C24H24N4O5/c1-16-7-9-17(10-8-16)20(29)14-26-15-25-22-21(26)23(30)27(11-12-32-2)24(31)28(22)18-5-4-6-19(13-18)33-3/h4-10,13,15H,11-12,14H2,1-3H3. The fourth-order valence-corrected chi connectivity index (χ4v) is 3.65. The molecule has 0 N–H and O–H groups in total. The lowest BCUT2D eigenvalue weighted by Crippen LogP contribution is -2.41. The lowest BCUT2D eigenvalue weighted by molar-refractivity contribution is 0.0973. The Bertz CT molecular complexity index is 1430. The minimum Gasteiger partial charge on any atom is -0.497 e. The molecule has 0 saturated heterocycles. The van der Waals surface area contributed by atoms with E-state index in [1.54, 1.807) is 36.4 Å². The molecule has 2 aromatic carbocycles. The Morgan fingerprint density at radius 1 is 1.06 bits per heavy atom. The number of hydrogen-bond donors (Lipinski definition) is 0. The first-order valence-electron chi connectivity index (χ1n) is 10.4. The second kappa shape index (κ2) is 9.25. The van der Waals surface area contributed by atoms with Gasteiger partial charge >= 0.3 is 5.69 Å². The van der Waals surface area contributed by atoms with E-state index in [1.165, 1.54) is 29.7 Å². The van der Waals surface area contributed by atoms with Crippen LogP contribution in [0, 0.1) is 6.92 Å². The number of aromatic nitrogens is 4. The molecule has 0 fully saturated rings. The Labute approximate surface area is 189 Å². The molecule has 9 heteroatoms. The van der Waals surface area contributed by atoms with Crippen LogP contribution in [0.1, 0.15) is 15.9 Å². The van der Waals surface area contributed by atoms with Gasteiger partial charge in [0, 0.05) is 18.7 Å². The Morgan fingerprint density at radius 2 is 1.82 bits per heavy atom. The Morgan fingerprint density at radius 3 is 2.52 bits per heavy atom. The largest absolute Gasteiger partial charge is 0.497 e. The summed E-state index contributed by atoms with van der Waals surface area (Å²) in [5.74, 6) is 0.382. The van der Waals surface area contributed by atoms with E-state index in [9.17, 15) is 14.4 Å². The monoisotopic (exact) mass is 448 g/mol. The lowest BCUT2D eigenvalue weighted by atomic mass is 10.1. The molecule has 2 heterocycles. The van der Waals surface area contributed by atoms with Crippen LogP contribution in [0.25, 0.3) is 16.9 Å². The first-order chi connectivity index (χ1) is 15.9. The van der Waals surface area contributed by atoms with Crippen molar-refractivity contribution in [1.29, 1.82) is 0 Å². The highest BCUT2D eigenvalue weighted by molar-refractivity contribution is 5.96. The van der Waals surface area contributed by atoms with Crippen molar-refractivity contribution in [2.24, 2.45) is 0 Å². The SMILES string of the molecule is COCCn1c(=O)c2c(ncn2CC(=O)c2ccc(C)cc2)n(-c2cccc(OC)c2)c1=O. The highest BCUT2D eigenvalue weighted by Crippen LogP contribution is 2.18. The molecule has 2 aromatic heterocycles. The number of carbonyl (C=O) groups excluding carboxylic acids is 1. The van der Waals surface area contributed by atoms with Gasteiger partial charge in [-0.1, -0.05) is 35.9 Å². The van der Waals surface area contributed by atoms with Crippen LogP contribution in [0.4, 0.5) is 0 Å². The number of hydrogen-bond acceptors (Lipinski definition) is 6. The van der Waals surface area contributed by atoms with Gasteiger partial charge in [-0.15, -0.1) is 0 Å². The van der Waals surface area contributed by atoms with Crippen LogP contribution >= 0.6 is 0 Å². The summed E-state index contributed by atoms with van der Waals surface area (Å²) in [6.07, 6.45) is 1.41. The van der Waals surface area contributed by atoms with Gasteiger partial charge in [0.05, 0.1) is 38.8 Å². The van der Waals surface area contributed by atoms with Gasteiger partial charge in [-0.2, -0.15) is 0 Å². The van der Waals surface area contributed by atoms with Gasteiger partial charge in [0.1, 0.15) is 5.75 Å². The van der Waals surface area contributed by atoms with Gasteiger partial charge in [0.25, 0.3) is 5.56 Å². The zero-order chi connectivity index (χ0) is 23.5. The number of rotatable bonds is 8. The molecule has 4 rings (SSSR count). The Balaban J connectivity index is 1.90. The number of ether oxygens (including phenoxy) is 2. The van der Waals surface area contributed by atoms with Crippen molar-refractivity contribution in [2.75, 3.05) is 20.8 Å². The third-order valence-electron chi connectivity index (χ3n) is 5.42. The van der Waals surface area contributed by atoms with Crippen molar-refractivity contribution in [2.45, 2.75) is 20.0 Å². The summed E-state index contributed by atoms with van der Waals surface area (Å²) >= 11 is 0. The van der Waals surface area contributed by atoms with E-state index < -0.39 is 11.2 Å². The van der Waals surface area contributed by atoms with Crippen LogP contribution in [0.15, 0.2) is 64.4 Å². The second-order valence-electron chi connectivity index (χ2n) is 7.60. The summed E-state index contributed by atoms with van der Waals surface area (Å²) in [5.41, 5.74) is 1.32. The first kappa shape index (κ1) is 22.2. The minimum atomic E-state index is -0.548. The third kappa shape index (κ3) is 4.22. The van der Waals surface area contributed by atoms with Crippen molar-refractivity contribution in [3.63, 3.8) is 0 Å². The molecule has 0 aliphatic rings. The maximum Gasteiger partial charge on any atom is 0.337 e. The summed E-state index contributed by atoms with van der Waals surface area (Å²) in [6, 6.07) is 14.1. The number of benzene rings is 2. The number of carbonyl (C=O) groups is 1. The lowest BCUT2D eigenvalue weighted by Gasteiger charge is -2.13. The molecule has 4 aromatic rings. The summed E-state index contributed by atoms with van der Waals surface area (Å²) < 4.78 is 14.3. The van der Waals surface area contributed by atoms with Crippen molar-refractivity contribution in [1.82, 2.24) is 18.7 Å². The van der Waals surface area contributed by atoms with Crippen LogP contribution in [0.5, 0.6) is 5.75 Å². The molecule has 9 nitrogen and oxygen atoms in total. The van der Waals surface area contributed by atoms with Crippen LogP contribution in [-0.4, -0.2) is 45.3 Å². The number of fused-ring (bicyclic) bond motifs is 1. The molecule has 0 atom stereocenters. The smallest absolute Gasteiger partial charge is 0.337 e. The summed E-state index contributed by atoms with van der Waals surface area (Å²) in [6.45, 7) is 2.09. The normalized spacial score (nSPS) is 11.1. The van der Waals surface area contributed by atoms with E-state index in [0.29, 0.717) is 17.0 Å². The molecular formula is C24H24N4O5. The molecular weight excluding hydrogens is 424 g/mol. The van der Waals surface area contributed by atoms with Gasteiger partial charge in [0.2, 0.25) is 0 Å². The molecule has 0 aliphatic heterocycles. The number of methoxy groups -OCH3 is 2. The first-order valence-corrected chi connectivity index (χ1v) is 10.4. The molecule has 0 spiro atoms. The van der Waals surface area contributed by atoms with Crippen LogP contribution in [0.3, 0.4) is 0 Å². The Kier molecular flexibility index (Phi) is 6.23. The number of ketones is 1. The van der Waals surface area contributed by atoms with Crippen molar-refractivity contribution in [3.8, 4) is 11.4 Å². The van der Waals surface area contributed by atoms with Gasteiger partial charge in [-0.25, -0.2) is 14.3 Å². The van der Waals surface area contributed by atoms with E-state index in [2.05, 4.69) is 4.98 Å². The van der Waals surface area contributed by atoms with Crippen LogP contribution in [-0.2, 0) is 17.8 Å². The maximum atomic E-state index is 13.3. The number of aryl methyl sites for hydroxylation is 1.